The number of rotatable bonds is 1. The Morgan fingerprint density at radius 3 is 3.00 bits per heavy atom. The number of nitrogens with one attached hydrogen (secondary N) is 1. The molecule has 0 aliphatic carbocycles. The number of ether oxygens (including phenoxy) is 1. The van der Waals surface area contributed by atoms with Crippen LogP contribution >= 0.6 is 0 Å². The van der Waals surface area contributed by atoms with E-state index in [0.717, 1.165) is 18.5 Å². The number of fused-ring (bicyclic) bond motifs is 1. The van der Waals surface area contributed by atoms with Crippen LogP contribution in [0.15, 0.2) is 12.1 Å². The first-order chi connectivity index (χ1) is 6.72. The molecule has 0 saturated heterocycles. The molecule has 2 nitrogen and oxygen atoms in total. The molecule has 14 heavy (non-hydrogen) atoms. The molecule has 0 amide bonds. The second-order valence-corrected chi connectivity index (χ2v) is 3.61. The van der Waals surface area contributed by atoms with Crippen molar-refractivity contribution in [3.63, 3.8) is 0 Å². The molecule has 0 spiro atoms. The highest BCUT2D eigenvalue weighted by Crippen LogP contribution is 2.28. The first kappa shape index (κ1) is 9.46. The molecule has 0 radical (unpaired) electrons. The average molecular weight is 195 g/mol. The highest BCUT2D eigenvalue weighted by molar-refractivity contribution is 5.40. The van der Waals surface area contributed by atoms with E-state index in [2.05, 4.69) is 5.32 Å². The molecular weight excluding hydrogens is 181 g/mol. The molecular formula is C11H14FNO. The second kappa shape index (κ2) is 3.58. The third-order valence-corrected chi connectivity index (χ3v) is 2.73. The van der Waals surface area contributed by atoms with Gasteiger partial charge < -0.3 is 10.1 Å². The predicted molar refractivity (Wildman–Crippen MR) is 53.1 cm³/mol. The number of benzene rings is 1. The topological polar surface area (TPSA) is 21.3 Å². The minimum absolute atomic E-state index is 0.235. The smallest absolute Gasteiger partial charge is 0.165 e. The van der Waals surface area contributed by atoms with Crippen LogP contribution in [-0.4, -0.2) is 13.7 Å². The van der Waals surface area contributed by atoms with E-state index in [1.165, 1.54) is 12.7 Å². The second-order valence-electron chi connectivity index (χ2n) is 3.61. The summed E-state index contributed by atoms with van der Waals surface area (Å²) in [7, 11) is 1.50. The summed E-state index contributed by atoms with van der Waals surface area (Å²) in [4.78, 5) is 0. The van der Waals surface area contributed by atoms with Crippen molar-refractivity contribution >= 4 is 0 Å². The Morgan fingerprint density at radius 2 is 2.29 bits per heavy atom. The van der Waals surface area contributed by atoms with E-state index in [0.29, 0.717) is 5.75 Å². The van der Waals surface area contributed by atoms with Gasteiger partial charge in [0.2, 0.25) is 0 Å². The van der Waals surface area contributed by atoms with Crippen molar-refractivity contribution in [2.24, 2.45) is 0 Å². The number of hydrogen-bond donors (Lipinski definition) is 1. The Kier molecular flexibility index (Phi) is 2.42. The maximum absolute atomic E-state index is 13.4. The molecule has 2 rings (SSSR count). The van der Waals surface area contributed by atoms with Crippen LogP contribution < -0.4 is 10.1 Å². The van der Waals surface area contributed by atoms with Gasteiger partial charge in [0.25, 0.3) is 0 Å². The van der Waals surface area contributed by atoms with Crippen LogP contribution in [0.4, 0.5) is 4.39 Å². The van der Waals surface area contributed by atoms with Gasteiger partial charge in [0, 0.05) is 6.04 Å². The first-order valence-corrected chi connectivity index (χ1v) is 4.82. The molecule has 1 aromatic rings. The van der Waals surface area contributed by atoms with Crippen LogP contribution in [0.2, 0.25) is 0 Å². The summed E-state index contributed by atoms with van der Waals surface area (Å²) in [6.07, 6.45) is 0.941. The summed E-state index contributed by atoms with van der Waals surface area (Å²) >= 11 is 0. The Hall–Kier alpha value is -1.09. The van der Waals surface area contributed by atoms with Crippen molar-refractivity contribution in [1.29, 1.82) is 0 Å². The van der Waals surface area contributed by atoms with Crippen LogP contribution in [0.1, 0.15) is 24.1 Å². The molecule has 76 valence electrons. The lowest BCUT2D eigenvalue weighted by atomic mass is 9.95. The summed E-state index contributed by atoms with van der Waals surface area (Å²) in [6.45, 7) is 2.99. The minimum Gasteiger partial charge on any atom is -0.494 e. The van der Waals surface area contributed by atoms with Gasteiger partial charge in [-0.2, -0.15) is 0 Å². The SMILES string of the molecule is COc1cc2c(cc1F)C(C)NCC2. The number of methoxy groups -OCH3 is 1. The maximum atomic E-state index is 13.4. The van der Waals surface area contributed by atoms with Crippen molar-refractivity contribution in [2.45, 2.75) is 19.4 Å². The fourth-order valence-corrected chi connectivity index (χ4v) is 1.92. The fourth-order valence-electron chi connectivity index (χ4n) is 1.92. The van der Waals surface area contributed by atoms with E-state index in [1.807, 2.05) is 13.0 Å². The van der Waals surface area contributed by atoms with Crippen LogP contribution in [0, 0.1) is 5.82 Å². The standard InChI is InChI=1S/C11H14FNO/c1-7-9-6-10(12)11(14-2)5-8(9)3-4-13-7/h5-7,13H,3-4H2,1-2H3. The van der Waals surface area contributed by atoms with Crippen LogP contribution in [-0.2, 0) is 6.42 Å². The predicted octanol–water partition coefficient (Wildman–Crippen LogP) is 2.04. The Bertz CT molecular complexity index is 351. The monoisotopic (exact) mass is 195 g/mol. The van der Waals surface area contributed by atoms with Gasteiger partial charge in [-0.25, -0.2) is 4.39 Å². The molecule has 1 aliphatic rings. The van der Waals surface area contributed by atoms with E-state index in [-0.39, 0.29) is 11.9 Å². The van der Waals surface area contributed by atoms with Gasteiger partial charge in [-0.1, -0.05) is 0 Å². The van der Waals surface area contributed by atoms with Gasteiger partial charge >= 0.3 is 0 Å². The summed E-state index contributed by atoms with van der Waals surface area (Å²) in [5.74, 6) is 0.0691. The molecule has 0 saturated carbocycles. The molecule has 0 bridgehead atoms. The molecule has 1 N–H and O–H groups in total. The minimum atomic E-state index is -0.276. The van der Waals surface area contributed by atoms with E-state index < -0.39 is 0 Å². The zero-order valence-electron chi connectivity index (χ0n) is 8.43. The van der Waals surface area contributed by atoms with Gasteiger partial charge in [0.1, 0.15) is 0 Å². The largest absolute Gasteiger partial charge is 0.494 e. The van der Waals surface area contributed by atoms with E-state index in [1.54, 1.807) is 6.07 Å². The van der Waals surface area contributed by atoms with Gasteiger partial charge in [-0.15, -0.1) is 0 Å². The van der Waals surface area contributed by atoms with Gasteiger partial charge in [-0.3, -0.25) is 0 Å². The van der Waals surface area contributed by atoms with Crippen LogP contribution in [0.5, 0.6) is 5.75 Å². The highest BCUT2D eigenvalue weighted by Gasteiger charge is 2.18. The molecule has 3 heteroatoms. The lowest BCUT2D eigenvalue weighted by Crippen LogP contribution is -2.27. The zero-order valence-corrected chi connectivity index (χ0v) is 8.43. The third-order valence-electron chi connectivity index (χ3n) is 2.73. The summed E-state index contributed by atoms with van der Waals surface area (Å²) in [5, 5.41) is 3.30. The summed E-state index contributed by atoms with van der Waals surface area (Å²) in [6, 6.07) is 3.62. The van der Waals surface area contributed by atoms with Crippen LogP contribution in [0.3, 0.4) is 0 Å². The van der Waals surface area contributed by atoms with Crippen molar-refractivity contribution in [3.05, 3.63) is 29.1 Å². The lowest BCUT2D eigenvalue weighted by molar-refractivity contribution is 0.383. The van der Waals surface area contributed by atoms with E-state index in [4.69, 9.17) is 4.74 Å². The summed E-state index contributed by atoms with van der Waals surface area (Å²) < 4.78 is 18.3. The maximum Gasteiger partial charge on any atom is 0.165 e. The van der Waals surface area contributed by atoms with E-state index in [9.17, 15) is 4.39 Å². The first-order valence-electron chi connectivity index (χ1n) is 4.82. The van der Waals surface area contributed by atoms with Gasteiger partial charge in [0.05, 0.1) is 7.11 Å². The summed E-state index contributed by atoms with van der Waals surface area (Å²) in [5.41, 5.74) is 2.24. The molecule has 1 aromatic carbocycles. The molecule has 0 fully saturated rings. The average Bonchev–Trinajstić information content (AvgIpc) is 2.19. The highest BCUT2D eigenvalue weighted by atomic mass is 19.1. The normalized spacial score (nSPS) is 20.4. The van der Waals surface area contributed by atoms with E-state index >= 15 is 0 Å². The Balaban J connectivity index is 2.48. The Labute approximate surface area is 83.1 Å². The lowest BCUT2D eigenvalue weighted by Gasteiger charge is -2.24. The number of hydrogen-bond acceptors (Lipinski definition) is 2. The third kappa shape index (κ3) is 1.48. The van der Waals surface area contributed by atoms with Crippen molar-refractivity contribution in [2.75, 3.05) is 13.7 Å². The molecule has 1 unspecified atom stereocenters. The Morgan fingerprint density at radius 1 is 1.50 bits per heavy atom. The zero-order chi connectivity index (χ0) is 10.1. The van der Waals surface area contributed by atoms with Gasteiger partial charge in [0.15, 0.2) is 11.6 Å². The van der Waals surface area contributed by atoms with Crippen LogP contribution in [0.25, 0.3) is 0 Å². The van der Waals surface area contributed by atoms with Crippen molar-refractivity contribution in [1.82, 2.24) is 5.32 Å². The number of halogens is 1. The quantitative estimate of drug-likeness (QED) is 0.740. The molecule has 1 atom stereocenters. The molecule has 0 aromatic heterocycles. The fraction of sp³-hybridized carbons (Fsp3) is 0.455. The molecule has 1 aliphatic heterocycles. The molecule has 1 heterocycles. The van der Waals surface area contributed by atoms with Crippen molar-refractivity contribution < 1.29 is 9.13 Å². The van der Waals surface area contributed by atoms with Gasteiger partial charge in [-0.05, 0) is 43.1 Å². The van der Waals surface area contributed by atoms with Crippen molar-refractivity contribution in [3.8, 4) is 5.75 Å².